The Bertz CT molecular complexity index is 433. The van der Waals surface area contributed by atoms with Gasteiger partial charge in [-0.1, -0.05) is 36.4 Å². The smallest absolute Gasteiger partial charge is 0.0941 e. The van der Waals surface area contributed by atoms with E-state index < -0.39 is 5.66 Å². The van der Waals surface area contributed by atoms with Crippen molar-refractivity contribution in [1.82, 2.24) is 0 Å². The molecule has 0 saturated heterocycles. The van der Waals surface area contributed by atoms with Gasteiger partial charge >= 0.3 is 0 Å². The van der Waals surface area contributed by atoms with E-state index in [0.717, 1.165) is 11.1 Å². The highest BCUT2D eigenvalue weighted by atomic mass is 32.2. The molecule has 0 aliphatic heterocycles. The number of thioether (sulfide) groups is 1. The van der Waals surface area contributed by atoms with Crippen LogP contribution in [0.2, 0.25) is 0 Å². The fourth-order valence-electron chi connectivity index (χ4n) is 1.83. The molecule has 0 saturated carbocycles. The van der Waals surface area contributed by atoms with E-state index in [0.29, 0.717) is 6.42 Å². The standard InChI is InChI=1S/C13H16N2S/c1-16-11-7-8-13(14,15)12(9-11)10-5-3-2-4-6-10/h2-7,9H,8,14-15H2,1H3. The van der Waals surface area contributed by atoms with Crippen molar-refractivity contribution in [2.75, 3.05) is 6.26 Å². The summed E-state index contributed by atoms with van der Waals surface area (Å²) in [7, 11) is 0. The van der Waals surface area contributed by atoms with Crippen molar-refractivity contribution >= 4 is 17.3 Å². The number of allylic oxidation sites excluding steroid dienone is 1. The molecule has 0 fully saturated rings. The monoisotopic (exact) mass is 232 g/mol. The number of hydrogen-bond donors (Lipinski definition) is 2. The number of nitrogens with two attached hydrogens (primary N) is 2. The molecule has 2 rings (SSSR count). The average Bonchev–Trinajstić information content (AvgIpc) is 2.30. The SMILES string of the molecule is CSC1=CCC(N)(N)C(c2ccccc2)=C1. The van der Waals surface area contributed by atoms with Crippen LogP contribution in [0.5, 0.6) is 0 Å². The molecule has 16 heavy (non-hydrogen) atoms. The minimum atomic E-state index is -0.749. The molecule has 0 heterocycles. The Hall–Kier alpha value is -1.03. The maximum absolute atomic E-state index is 6.13. The van der Waals surface area contributed by atoms with Gasteiger partial charge in [0, 0.05) is 11.3 Å². The van der Waals surface area contributed by atoms with Gasteiger partial charge in [-0.3, -0.25) is 0 Å². The Morgan fingerprint density at radius 3 is 2.50 bits per heavy atom. The molecule has 2 nitrogen and oxygen atoms in total. The lowest BCUT2D eigenvalue weighted by molar-refractivity contribution is 0.576. The highest BCUT2D eigenvalue weighted by molar-refractivity contribution is 8.02. The molecule has 0 spiro atoms. The first-order valence-corrected chi connectivity index (χ1v) is 6.45. The maximum atomic E-state index is 6.13. The topological polar surface area (TPSA) is 52.0 Å². The lowest BCUT2D eigenvalue weighted by Crippen LogP contribution is -2.50. The largest absolute Gasteiger partial charge is 0.309 e. The van der Waals surface area contributed by atoms with E-state index in [1.54, 1.807) is 11.8 Å². The molecule has 4 N–H and O–H groups in total. The summed E-state index contributed by atoms with van der Waals surface area (Å²) < 4.78 is 0. The van der Waals surface area contributed by atoms with Crippen LogP contribution < -0.4 is 11.5 Å². The van der Waals surface area contributed by atoms with Gasteiger partial charge < -0.3 is 11.5 Å². The van der Waals surface area contributed by atoms with Crippen molar-refractivity contribution in [3.05, 3.63) is 53.0 Å². The summed E-state index contributed by atoms with van der Waals surface area (Å²) in [4.78, 5) is 1.23. The molecule has 0 atom stereocenters. The van der Waals surface area contributed by atoms with Crippen molar-refractivity contribution in [3.8, 4) is 0 Å². The van der Waals surface area contributed by atoms with E-state index in [-0.39, 0.29) is 0 Å². The fraction of sp³-hybridized carbons (Fsp3) is 0.231. The van der Waals surface area contributed by atoms with Gasteiger partial charge in [-0.2, -0.15) is 0 Å². The van der Waals surface area contributed by atoms with Crippen molar-refractivity contribution in [1.29, 1.82) is 0 Å². The van der Waals surface area contributed by atoms with Crippen LogP contribution in [-0.4, -0.2) is 11.9 Å². The second-order valence-electron chi connectivity index (χ2n) is 3.98. The first kappa shape index (κ1) is 11.5. The minimum absolute atomic E-state index is 0.684. The lowest BCUT2D eigenvalue weighted by Gasteiger charge is -2.30. The van der Waals surface area contributed by atoms with Crippen LogP contribution in [0, 0.1) is 0 Å². The van der Waals surface area contributed by atoms with Gasteiger partial charge in [0.25, 0.3) is 0 Å². The van der Waals surface area contributed by atoms with Gasteiger partial charge in [0.1, 0.15) is 0 Å². The summed E-state index contributed by atoms with van der Waals surface area (Å²) >= 11 is 1.72. The number of hydrogen-bond acceptors (Lipinski definition) is 3. The minimum Gasteiger partial charge on any atom is -0.309 e. The molecule has 84 valence electrons. The molecule has 3 heteroatoms. The van der Waals surface area contributed by atoms with Gasteiger partial charge in [0.15, 0.2) is 0 Å². The van der Waals surface area contributed by atoms with Crippen LogP contribution in [0.25, 0.3) is 5.57 Å². The third-order valence-corrected chi connectivity index (χ3v) is 3.51. The van der Waals surface area contributed by atoms with Crippen LogP contribution in [0.3, 0.4) is 0 Å². The van der Waals surface area contributed by atoms with E-state index in [1.165, 1.54) is 4.91 Å². The van der Waals surface area contributed by atoms with Gasteiger partial charge in [-0.05, 0) is 23.5 Å². The molecule has 1 aromatic rings. The maximum Gasteiger partial charge on any atom is 0.0941 e. The van der Waals surface area contributed by atoms with Crippen LogP contribution in [-0.2, 0) is 0 Å². The highest BCUT2D eigenvalue weighted by Gasteiger charge is 2.27. The van der Waals surface area contributed by atoms with Crippen molar-refractivity contribution in [3.63, 3.8) is 0 Å². The Morgan fingerprint density at radius 2 is 1.88 bits per heavy atom. The zero-order valence-electron chi connectivity index (χ0n) is 9.31. The summed E-state index contributed by atoms with van der Waals surface area (Å²) in [6, 6.07) is 10.1. The molecule has 0 radical (unpaired) electrons. The first-order chi connectivity index (χ1) is 7.63. The van der Waals surface area contributed by atoms with Gasteiger partial charge in [0.2, 0.25) is 0 Å². The highest BCUT2D eigenvalue weighted by Crippen LogP contribution is 2.33. The molecular formula is C13H16N2S. The molecule has 1 aliphatic rings. The molecular weight excluding hydrogens is 216 g/mol. The molecule has 1 aromatic carbocycles. The molecule has 0 bridgehead atoms. The zero-order valence-corrected chi connectivity index (χ0v) is 10.1. The summed E-state index contributed by atoms with van der Waals surface area (Å²) in [5.41, 5.74) is 13.6. The summed E-state index contributed by atoms with van der Waals surface area (Å²) in [6.07, 6.45) is 6.93. The normalized spacial score (nSPS) is 18.9. The average molecular weight is 232 g/mol. The van der Waals surface area contributed by atoms with E-state index in [2.05, 4.69) is 18.4 Å². The van der Waals surface area contributed by atoms with Gasteiger partial charge in [-0.25, -0.2) is 0 Å². The van der Waals surface area contributed by atoms with Crippen molar-refractivity contribution in [2.45, 2.75) is 12.1 Å². The summed E-state index contributed by atoms with van der Waals surface area (Å²) in [6.45, 7) is 0. The van der Waals surface area contributed by atoms with Crippen LogP contribution >= 0.6 is 11.8 Å². The third-order valence-electron chi connectivity index (χ3n) is 2.75. The van der Waals surface area contributed by atoms with Crippen LogP contribution in [0.4, 0.5) is 0 Å². The van der Waals surface area contributed by atoms with Crippen molar-refractivity contribution in [2.24, 2.45) is 11.5 Å². The van der Waals surface area contributed by atoms with Gasteiger partial charge in [0.05, 0.1) is 5.66 Å². The molecule has 0 aromatic heterocycles. The van der Waals surface area contributed by atoms with E-state index in [9.17, 15) is 0 Å². The third kappa shape index (κ3) is 2.21. The number of rotatable bonds is 2. The summed E-state index contributed by atoms with van der Waals surface area (Å²) in [5, 5.41) is 0. The Labute approximate surface area is 100 Å². The van der Waals surface area contributed by atoms with Crippen molar-refractivity contribution < 1.29 is 0 Å². The predicted molar refractivity (Wildman–Crippen MR) is 71.7 cm³/mol. The lowest BCUT2D eigenvalue weighted by atomic mass is 9.88. The summed E-state index contributed by atoms with van der Waals surface area (Å²) in [5.74, 6) is 0. The van der Waals surface area contributed by atoms with E-state index >= 15 is 0 Å². The predicted octanol–water partition coefficient (Wildman–Crippen LogP) is 2.33. The van der Waals surface area contributed by atoms with E-state index in [4.69, 9.17) is 11.5 Å². The van der Waals surface area contributed by atoms with Crippen LogP contribution in [0.1, 0.15) is 12.0 Å². The van der Waals surface area contributed by atoms with E-state index in [1.807, 2.05) is 30.3 Å². The second kappa shape index (κ2) is 4.45. The Morgan fingerprint density at radius 1 is 1.19 bits per heavy atom. The fourth-order valence-corrected chi connectivity index (χ4v) is 2.31. The molecule has 1 aliphatic carbocycles. The first-order valence-electron chi connectivity index (χ1n) is 5.23. The Balaban J connectivity index is 2.44. The zero-order chi connectivity index (χ0) is 11.6. The van der Waals surface area contributed by atoms with Crippen LogP contribution in [0.15, 0.2) is 47.4 Å². The molecule has 0 amide bonds. The van der Waals surface area contributed by atoms with Gasteiger partial charge in [-0.15, -0.1) is 11.8 Å². The molecule has 0 unspecified atom stereocenters. The quantitative estimate of drug-likeness (QED) is 0.769. The second-order valence-corrected chi connectivity index (χ2v) is 4.86. The number of benzene rings is 1. The Kier molecular flexibility index (Phi) is 3.19.